The van der Waals surface area contributed by atoms with Crippen molar-refractivity contribution in [3.05, 3.63) is 56.3 Å². The summed E-state index contributed by atoms with van der Waals surface area (Å²) in [6.45, 7) is 2.14. The van der Waals surface area contributed by atoms with Crippen molar-refractivity contribution >= 4 is 45.0 Å². The van der Waals surface area contributed by atoms with E-state index in [-0.39, 0.29) is 16.2 Å². The molecule has 24 heavy (non-hydrogen) atoms. The highest BCUT2D eigenvalue weighted by Crippen LogP contribution is 2.09. The third-order valence-corrected chi connectivity index (χ3v) is 4.23. The van der Waals surface area contributed by atoms with Crippen molar-refractivity contribution in [2.24, 2.45) is 5.92 Å². The smallest absolute Gasteiger partial charge is 0.281 e. The molecule has 0 aliphatic heterocycles. The Morgan fingerprint density at radius 2 is 2.21 bits per heavy atom. The maximum atomic E-state index is 12.5. The number of rotatable bonds is 4. The Bertz CT molecular complexity index is 1020. The predicted molar refractivity (Wildman–Crippen MR) is 96.9 cm³/mol. The van der Waals surface area contributed by atoms with Crippen molar-refractivity contribution in [2.75, 3.05) is 5.43 Å². The largest absolute Gasteiger partial charge is 0.330 e. The molecule has 0 fully saturated rings. The van der Waals surface area contributed by atoms with Gasteiger partial charge in [-0.15, -0.1) is 0 Å². The summed E-state index contributed by atoms with van der Waals surface area (Å²) in [6.07, 6.45) is 3.42. The zero-order chi connectivity index (χ0) is 17.3. The number of benzene rings is 1. The first-order valence-corrected chi connectivity index (χ1v) is 8.39. The van der Waals surface area contributed by atoms with E-state index in [4.69, 9.17) is 12.2 Å². The molecule has 1 atom stereocenters. The number of amides is 1. The number of hydrogen-bond donors (Lipinski definition) is 2. The summed E-state index contributed by atoms with van der Waals surface area (Å²) < 4.78 is 3.69. The Balaban J connectivity index is 1.85. The Kier molecular flexibility index (Phi) is 4.63. The second-order valence-electron chi connectivity index (χ2n) is 5.37. The number of aromatic amines is 1. The van der Waals surface area contributed by atoms with Crippen molar-refractivity contribution in [3.8, 4) is 0 Å². The Morgan fingerprint density at radius 3 is 2.92 bits per heavy atom. The number of carbonyl (C=O) groups excluding carboxylic acids is 1. The number of hydrogen-bond acceptors (Lipinski definition) is 4. The zero-order valence-electron chi connectivity index (χ0n) is 12.7. The molecule has 0 unspecified atom stereocenters. The average molecular weight is 408 g/mol. The van der Waals surface area contributed by atoms with Gasteiger partial charge in [0.25, 0.3) is 5.56 Å². The van der Waals surface area contributed by atoms with Crippen LogP contribution in [0.2, 0.25) is 0 Å². The van der Waals surface area contributed by atoms with Gasteiger partial charge >= 0.3 is 0 Å². The van der Waals surface area contributed by atoms with E-state index in [1.54, 1.807) is 48.3 Å². The van der Waals surface area contributed by atoms with E-state index in [0.717, 1.165) is 9.15 Å². The van der Waals surface area contributed by atoms with Crippen LogP contribution in [0.25, 0.3) is 10.9 Å². The van der Waals surface area contributed by atoms with E-state index in [1.807, 2.05) is 0 Å². The normalized spacial score (nSPS) is 12.2. The first kappa shape index (κ1) is 16.6. The van der Waals surface area contributed by atoms with Gasteiger partial charge in [-0.25, -0.2) is 0 Å². The van der Waals surface area contributed by atoms with Gasteiger partial charge in [0.1, 0.15) is 0 Å². The molecule has 1 aromatic carbocycles. The van der Waals surface area contributed by atoms with Gasteiger partial charge in [-0.05, 0) is 40.3 Å². The molecule has 9 heteroatoms. The number of H-pyrrole nitrogens is 1. The van der Waals surface area contributed by atoms with Crippen LogP contribution in [0.15, 0.2) is 45.9 Å². The Hall–Kier alpha value is -2.26. The molecule has 0 aliphatic rings. The molecule has 0 saturated carbocycles. The lowest BCUT2D eigenvalue weighted by Gasteiger charge is -2.14. The lowest BCUT2D eigenvalue weighted by molar-refractivity contribution is -0.120. The number of halogens is 1. The van der Waals surface area contributed by atoms with Gasteiger partial charge in [-0.1, -0.05) is 19.1 Å². The topological polar surface area (TPSA) is 84.7 Å². The molecular weight excluding hydrogens is 394 g/mol. The van der Waals surface area contributed by atoms with Crippen LogP contribution >= 0.6 is 28.1 Å². The SMILES string of the molecule is C[C@@H](Cn1cc(Br)cn1)C(=O)Nn1c(=S)[nH]c2ccccc2c1=O. The molecule has 3 aromatic rings. The van der Waals surface area contributed by atoms with E-state index in [0.29, 0.717) is 17.4 Å². The number of aromatic nitrogens is 4. The van der Waals surface area contributed by atoms with Crippen molar-refractivity contribution in [1.82, 2.24) is 19.4 Å². The van der Waals surface area contributed by atoms with Gasteiger partial charge in [0.05, 0.1) is 34.0 Å². The quantitative estimate of drug-likeness (QED) is 0.650. The van der Waals surface area contributed by atoms with Crippen LogP contribution in [0, 0.1) is 10.7 Å². The molecule has 7 nitrogen and oxygen atoms in total. The van der Waals surface area contributed by atoms with Crippen LogP contribution in [0.5, 0.6) is 0 Å². The monoisotopic (exact) mass is 407 g/mol. The standard InChI is InChI=1S/C15H14BrN5O2S/c1-9(7-20-8-10(16)6-17-20)13(22)19-21-14(23)11-4-2-3-5-12(11)18-15(21)24/h2-6,8-9H,7H2,1H3,(H,18,24)(H,19,22)/t9-/m0/s1. The molecular formula is C15H14BrN5O2S. The molecule has 124 valence electrons. The average Bonchev–Trinajstić information content (AvgIpc) is 2.96. The minimum absolute atomic E-state index is 0.140. The number of para-hydroxylation sites is 1. The Labute approximate surface area is 150 Å². The van der Waals surface area contributed by atoms with Crippen LogP contribution in [0.1, 0.15) is 6.92 Å². The van der Waals surface area contributed by atoms with Gasteiger partial charge < -0.3 is 4.98 Å². The number of carbonyl (C=O) groups is 1. The van der Waals surface area contributed by atoms with E-state index < -0.39 is 5.92 Å². The molecule has 0 saturated heterocycles. The fraction of sp³-hybridized carbons (Fsp3) is 0.200. The second-order valence-corrected chi connectivity index (χ2v) is 6.68. The summed E-state index contributed by atoms with van der Waals surface area (Å²) in [5.74, 6) is -0.719. The summed E-state index contributed by atoms with van der Waals surface area (Å²) in [4.78, 5) is 27.8. The lowest BCUT2D eigenvalue weighted by atomic mass is 10.2. The summed E-state index contributed by atoms with van der Waals surface area (Å²) in [5.41, 5.74) is 2.84. The first-order valence-electron chi connectivity index (χ1n) is 7.18. The Morgan fingerprint density at radius 1 is 1.46 bits per heavy atom. The molecule has 3 rings (SSSR count). The van der Waals surface area contributed by atoms with Crippen molar-refractivity contribution in [2.45, 2.75) is 13.5 Å². The number of nitrogens with zero attached hydrogens (tertiary/aromatic N) is 3. The van der Waals surface area contributed by atoms with Gasteiger partial charge in [0, 0.05) is 6.20 Å². The van der Waals surface area contributed by atoms with E-state index >= 15 is 0 Å². The van der Waals surface area contributed by atoms with E-state index in [2.05, 4.69) is 31.4 Å². The van der Waals surface area contributed by atoms with Crippen LogP contribution < -0.4 is 11.0 Å². The lowest BCUT2D eigenvalue weighted by Crippen LogP contribution is -2.38. The molecule has 2 heterocycles. The molecule has 0 spiro atoms. The summed E-state index contributed by atoms with van der Waals surface area (Å²) in [5, 5.41) is 4.57. The number of fused-ring (bicyclic) bond motifs is 1. The maximum absolute atomic E-state index is 12.5. The molecule has 1 amide bonds. The van der Waals surface area contributed by atoms with Gasteiger partial charge in [0.15, 0.2) is 4.77 Å². The summed E-state index contributed by atoms with van der Waals surface area (Å²) >= 11 is 8.48. The maximum Gasteiger partial charge on any atom is 0.281 e. The summed E-state index contributed by atoms with van der Waals surface area (Å²) in [7, 11) is 0. The molecule has 2 N–H and O–H groups in total. The third kappa shape index (κ3) is 3.31. The molecule has 0 aliphatic carbocycles. The first-order chi connectivity index (χ1) is 11.5. The molecule has 0 bridgehead atoms. The van der Waals surface area contributed by atoms with Crippen LogP contribution in [0.3, 0.4) is 0 Å². The van der Waals surface area contributed by atoms with Crippen LogP contribution in [0.4, 0.5) is 0 Å². The zero-order valence-corrected chi connectivity index (χ0v) is 15.1. The van der Waals surface area contributed by atoms with Gasteiger partial charge in [0.2, 0.25) is 5.91 Å². The second kappa shape index (κ2) is 6.70. The van der Waals surface area contributed by atoms with E-state index in [1.165, 1.54) is 0 Å². The third-order valence-electron chi connectivity index (χ3n) is 3.54. The highest BCUT2D eigenvalue weighted by Gasteiger charge is 2.16. The predicted octanol–water partition coefficient (Wildman–Crippen LogP) is 2.42. The number of nitrogens with one attached hydrogen (secondary N) is 2. The van der Waals surface area contributed by atoms with Gasteiger partial charge in [-0.3, -0.25) is 19.7 Å². The molecule has 2 aromatic heterocycles. The summed E-state index contributed by atoms with van der Waals surface area (Å²) in [6, 6.07) is 7.00. The minimum Gasteiger partial charge on any atom is -0.330 e. The van der Waals surface area contributed by atoms with E-state index in [9.17, 15) is 9.59 Å². The van der Waals surface area contributed by atoms with Gasteiger partial charge in [-0.2, -0.15) is 9.77 Å². The minimum atomic E-state index is -0.399. The fourth-order valence-electron chi connectivity index (χ4n) is 2.29. The highest BCUT2D eigenvalue weighted by atomic mass is 79.9. The fourth-order valence-corrected chi connectivity index (χ4v) is 2.85. The van der Waals surface area contributed by atoms with Crippen LogP contribution in [-0.2, 0) is 11.3 Å². The van der Waals surface area contributed by atoms with Crippen LogP contribution in [-0.4, -0.2) is 25.3 Å². The van der Waals surface area contributed by atoms with Crippen molar-refractivity contribution in [1.29, 1.82) is 0 Å². The highest BCUT2D eigenvalue weighted by molar-refractivity contribution is 9.10. The van der Waals surface area contributed by atoms with Crippen molar-refractivity contribution in [3.63, 3.8) is 0 Å². The molecule has 0 radical (unpaired) electrons. The van der Waals surface area contributed by atoms with Crippen molar-refractivity contribution < 1.29 is 4.79 Å².